The van der Waals surface area contributed by atoms with E-state index < -0.39 is 0 Å². The Hall–Kier alpha value is -2.20. The molecule has 0 saturated carbocycles. The minimum atomic E-state index is 0.884. The number of benzene rings is 2. The number of nitrogens with zero attached hydrogens (tertiary/aromatic N) is 3. The maximum absolute atomic E-state index is 4.66. The van der Waals surface area contributed by atoms with E-state index >= 15 is 0 Å². The van der Waals surface area contributed by atoms with Gasteiger partial charge in [-0.3, -0.25) is 0 Å². The van der Waals surface area contributed by atoms with Gasteiger partial charge in [-0.05, 0) is 31.2 Å². The molecule has 94 valence electrons. The summed E-state index contributed by atoms with van der Waals surface area (Å²) in [5.41, 5.74) is 1.97. The van der Waals surface area contributed by atoms with Gasteiger partial charge >= 0.3 is 0 Å². The van der Waals surface area contributed by atoms with E-state index in [1.165, 1.54) is 0 Å². The Bertz CT molecular complexity index is 727. The van der Waals surface area contributed by atoms with Crippen molar-refractivity contribution >= 4 is 17.0 Å². The molecule has 0 bridgehead atoms. The van der Waals surface area contributed by atoms with Crippen molar-refractivity contribution < 1.29 is 0 Å². The van der Waals surface area contributed by atoms with Crippen LogP contribution in [0.5, 0.6) is 0 Å². The van der Waals surface area contributed by atoms with Gasteiger partial charge in [-0.2, -0.15) is 5.10 Å². The lowest BCUT2D eigenvalue weighted by Gasteiger charge is -1.99. The highest BCUT2D eigenvalue weighted by molar-refractivity contribution is 7.08. The van der Waals surface area contributed by atoms with Crippen LogP contribution in [-0.4, -0.2) is 9.78 Å². The molecule has 0 saturated heterocycles. The molecule has 0 aliphatic carbocycles. The molecule has 0 fully saturated rings. The molecule has 1 aromatic heterocycles. The first-order valence-corrected chi connectivity index (χ1v) is 6.86. The van der Waals surface area contributed by atoms with Crippen LogP contribution in [0.1, 0.15) is 5.01 Å². The zero-order valence-corrected chi connectivity index (χ0v) is 11.3. The maximum atomic E-state index is 4.66. The van der Waals surface area contributed by atoms with E-state index in [1.54, 1.807) is 11.3 Å². The van der Waals surface area contributed by atoms with Crippen molar-refractivity contribution in [3.63, 3.8) is 0 Å². The van der Waals surface area contributed by atoms with Crippen LogP contribution in [0.4, 0.5) is 5.69 Å². The molecular formula is C15H13N3S. The van der Waals surface area contributed by atoms with Gasteiger partial charge in [0, 0.05) is 0 Å². The zero-order chi connectivity index (χ0) is 13.1. The summed E-state index contributed by atoms with van der Waals surface area (Å²) in [7, 11) is 0. The summed E-state index contributed by atoms with van der Waals surface area (Å²) < 4.78 is 1.88. The van der Waals surface area contributed by atoms with Crippen LogP contribution in [0.2, 0.25) is 0 Å². The Labute approximate surface area is 115 Å². The molecule has 0 aliphatic heterocycles. The summed E-state index contributed by atoms with van der Waals surface area (Å²) in [5, 5.41) is 5.52. The number of rotatable bonds is 2. The molecule has 1 heterocycles. The largest absolute Gasteiger partial charge is 0.220 e. The Morgan fingerprint density at radius 3 is 2.26 bits per heavy atom. The van der Waals surface area contributed by atoms with Gasteiger partial charge in [0.05, 0.1) is 11.4 Å². The molecule has 0 unspecified atom stereocenters. The molecule has 3 nitrogen and oxygen atoms in total. The zero-order valence-electron chi connectivity index (χ0n) is 10.5. The summed E-state index contributed by atoms with van der Waals surface area (Å²) in [5.74, 6) is 0. The molecule has 4 heteroatoms. The van der Waals surface area contributed by atoms with Gasteiger partial charge in [0.2, 0.25) is 4.80 Å². The predicted molar refractivity (Wildman–Crippen MR) is 77.8 cm³/mol. The fraction of sp³-hybridized carbons (Fsp3) is 0.0667. The highest BCUT2D eigenvalue weighted by atomic mass is 32.1. The van der Waals surface area contributed by atoms with E-state index in [0.717, 1.165) is 21.2 Å². The number of hydrogen-bond donors (Lipinski definition) is 0. The summed E-state index contributed by atoms with van der Waals surface area (Å²) in [4.78, 5) is 5.54. The van der Waals surface area contributed by atoms with Crippen LogP contribution in [0, 0.1) is 6.92 Å². The smallest absolute Gasteiger partial charge is 0.213 e. The third-order valence-corrected chi connectivity index (χ3v) is 3.47. The summed E-state index contributed by atoms with van der Waals surface area (Å²) in [6, 6.07) is 20.0. The fourth-order valence-electron chi connectivity index (χ4n) is 1.80. The van der Waals surface area contributed by atoms with Crippen molar-refractivity contribution in [3.05, 3.63) is 70.5 Å². The standard InChI is InChI=1S/C15H13N3S/c1-12-17-18(14-10-6-3-7-11-14)15(19-12)16-13-8-4-2-5-9-13/h2-11H,1H3. The molecule has 19 heavy (non-hydrogen) atoms. The minimum absolute atomic E-state index is 0.884. The van der Waals surface area contributed by atoms with Crippen LogP contribution in [0.25, 0.3) is 5.69 Å². The van der Waals surface area contributed by atoms with Crippen molar-refractivity contribution in [2.24, 2.45) is 4.99 Å². The second kappa shape index (κ2) is 5.20. The van der Waals surface area contributed by atoms with Crippen LogP contribution < -0.4 is 4.80 Å². The Kier molecular flexibility index (Phi) is 3.25. The third kappa shape index (κ3) is 2.63. The van der Waals surface area contributed by atoms with Crippen LogP contribution in [0.3, 0.4) is 0 Å². The lowest BCUT2D eigenvalue weighted by atomic mass is 10.3. The number of hydrogen-bond acceptors (Lipinski definition) is 3. The maximum Gasteiger partial charge on any atom is 0.213 e. The van der Waals surface area contributed by atoms with Gasteiger partial charge in [-0.25, -0.2) is 9.67 Å². The summed E-state index contributed by atoms with van der Waals surface area (Å²) in [6.45, 7) is 1.99. The van der Waals surface area contributed by atoms with Crippen LogP contribution in [0.15, 0.2) is 65.7 Å². The molecular weight excluding hydrogens is 254 g/mol. The third-order valence-electron chi connectivity index (χ3n) is 2.64. The number of para-hydroxylation sites is 2. The van der Waals surface area contributed by atoms with Crippen molar-refractivity contribution in [1.29, 1.82) is 0 Å². The van der Waals surface area contributed by atoms with E-state index in [-0.39, 0.29) is 0 Å². The highest BCUT2D eigenvalue weighted by Gasteiger charge is 2.03. The normalized spacial score (nSPS) is 11.7. The molecule has 0 N–H and O–H groups in total. The Morgan fingerprint density at radius 2 is 1.58 bits per heavy atom. The summed E-state index contributed by atoms with van der Waals surface area (Å²) in [6.07, 6.45) is 0. The van der Waals surface area contributed by atoms with E-state index in [0.29, 0.717) is 0 Å². The molecule has 0 aliphatic rings. The molecule has 2 aromatic carbocycles. The minimum Gasteiger partial charge on any atom is -0.220 e. The van der Waals surface area contributed by atoms with Gasteiger partial charge in [0.15, 0.2) is 0 Å². The van der Waals surface area contributed by atoms with E-state index in [2.05, 4.69) is 10.1 Å². The van der Waals surface area contributed by atoms with Gasteiger partial charge in [0.1, 0.15) is 5.01 Å². The number of aryl methyl sites for hydroxylation is 1. The van der Waals surface area contributed by atoms with Crippen molar-refractivity contribution in [3.8, 4) is 5.69 Å². The Balaban J connectivity index is 2.16. The Morgan fingerprint density at radius 1 is 0.947 bits per heavy atom. The lowest BCUT2D eigenvalue weighted by molar-refractivity contribution is 0.820. The molecule has 0 atom stereocenters. The van der Waals surface area contributed by atoms with Gasteiger partial charge in [-0.1, -0.05) is 47.7 Å². The quantitative estimate of drug-likeness (QED) is 0.699. The van der Waals surface area contributed by atoms with Gasteiger partial charge in [-0.15, -0.1) is 0 Å². The second-order valence-electron chi connectivity index (χ2n) is 4.10. The molecule has 3 rings (SSSR count). The van der Waals surface area contributed by atoms with Gasteiger partial charge in [0.25, 0.3) is 0 Å². The predicted octanol–water partition coefficient (Wildman–Crippen LogP) is 3.47. The monoisotopic (exact) mass is 267 g/mol. The molecule has 0 radical (unpaired) electrons. The van der Waals surface area contributed by atoms with Crippen molar-refractivity contribution in [1.82, 2.24) is 9.78 Å². The first-order chi connectivity index (χ1) is 9.33. The van der Waals surface area contributed by atoms with Crippen LogP contribution >= 0.6 is 11.3 Å². The van der Waals surface area contributed by atoms with Crippen LogP contribution in [-0.2, 0) is 0 Å². The second-order valence-corrected chi connectivity index (χ2v) is 5.26. The number of aromatic nitrogens is 2. The van der Waals surface area contributed by atoms with Gasteiger partial charge < -0.3 is 0 Å². The van der Waals surface area contributed by atoms with Crippen molar-refractivity contribution in [2.45, 2.75) is 6.92 Å². The lowest BCUT2D eigenvalue weighted by Crippen LogP contribution is -2.13. The van der Waals surface area contributed by atoms with Crippen molar-refractivity contribution in [2.75, 3.05) is 0 Å². The average molecular weight is 267 g/mol. The molecule has 3 aromatic rings. The summed E-state index contributed by atoms with van der Waals surface area (Å²) >= 11 is 1.59. The molecule has 0 spiro atoms. The topological polar surface area (TPSA) is 30.2 Å². The fourth-order valence-corrected chi connectivity index (χ4v) is 2.57. The molecule has 0 amide bonds. The highest BCUT2D eigenvalue weighted by Crippen LogP contribution is 2.11. The van der Waals surface area contributed by atoms with E-state index in [4.69, 9.17) is 0 Å². The SMILES string of the molecule is Cc1nn(-c2ccccc2)c(=Nc2ccccc2)s1. The average Bonchev–Trinajstić information content (AvgIpc) is 2.82. The first kappa shape index (κ1) is 11.9. The first-order valence-electron chi connectivity index (χ1n) is 6.05. The van der Waals surface area contributed by atoms with E-state index in [9.17, 15) is 0 Å². The van der Waals surface area contributed by atoms with E-state index in [1.807, 2.05) is 72.3 Å².